The van der Waals surface area contributed by atoms with Gasteiger partial charge in [-0.3, -0.25) is 0 Å². The van der Waals surface area contributed by atoms with Crippen LogP contribution in [0.2, 0.25) is 0 Å². The van der Waals surface area contributed by atoms with Gasteiger partial charge in [-0.2, -0.15) is 0 Å². The second-order valence-corrected chi connectivity index (χ2v) is 3.37. The molecule has 0 saturated carbocycles. The molecule has 16 heavy (non-hydrogen) atoms. The molecule has 5 nitrogen and oxygen atoms in total. The van der Waals surface area contributed by atoms with E-state index in [9.17, 15) is 0 Å². The molecule has 0 saturated heterocycles. The van der Waals surface area contributed by atoms with Crippen LogP contribution in [0.3, 0.4) is 0 Å². The van der Waals surface area contributed by atoms with Crippen molar-refractivity contribution in [3.63, 3.8) is 0 Å². The van der Waals surface area contributed by atoms with Crippen LogP contribution in [0, 0.1) is 0 Å². The van der Waals surface area contributed by atoms with Gasteiger partial charge in [-0.1, -0.05) is 0 Å². The molecular weight excluding hydrogens is 206 g/mol. The molecule has 0 aliphatic carbocycles. The van der Waals surface area contributed by atoms with Crippen molar-refractivity contribution in [1.82, 2.24) is 4.98 Å². The lowest BCUT2D eigenvalue weighted by Gasteiger charge is -2.21. The molecule has 0 atom stereocenters. The van der Waals surface area contributed by atoms with Crippen molar-refractivity contribution < 1.29 is 10.2 Å². The standard InChI is InChI=1S/C11H19N3O2/c1-2-12-10-3-4-11(13-9-10)14(5-7-15)6-8-16/h3-4,9,12,15-16H,2,5-8H2,1H3. The van der Waals surface area contributed by atoms with E-state index in [-0.39, 0.29) is 13.2 Å². The van der Waals surface area contributed by atoms with Crippen molar-refractivity contribution in [2.75, 3.05) is 43.1 Å². The van der Waals surface area contributed by atoms with Gasteiger partial charge in [0.2, 0.25) is 0 Å². The Labute approximate surface area is 95.7 Å². The van der Waals surface area contributed by atoms with Crippen molar-refractivity contribution in [2.45, 2.75) is 6.92 Å². The highest BCUT2D eigenvalue weighted by atomic mass is 16.3. The SMILES string of the molecule is CCNc1ccc(N(CCO)CCO)nc1. The molecule has 0 amide bonds. The largest absolute Gasteiger partial charge is 0.395 e. The lowest BCUT2D eigenvalue weighted by Crippen LogP contribution is -2.30. The number of hydrogen-bond acceptors (Lipinski definition) is 5. The van der Waals surface area contributed by atoms with Crippen molar-refractivity contribution in [2.24, 2.45) is 0 Å². The lowest BCUT2D eigenvalue weighted by molar-refractivity contribution is 0.280. The first kappa shape index (κ1) is 12.7. The maximum absolute atomic E-state index is 8.90. The number of pyridine rings is 1. The molecule has 3 N–H and O–H groups in total. The first-order valence-corrected chi connectivity index (χ1v) is 5.48. The van der Waals surface area contributed by atoms with E-state index >= 15 is 0 Å². The molecule has 0 unspecified atom stereocenters. The number of aliphatic hydroxyl groups is 2. The predicted octanol–water partition coefficient (Wildman–Crippen LogP) is 0.304. The number of rotatable bonds is 7. The summed E-state index contributed by atoms with van der Waals surface area (Å²) in [6, 6.07) is 3.82. The third-order valence-electron chi connectivity index (χ3n) is 2.19. The van der Waals surface area contributed by atoms with Crippen LogP contribution in [0.1, 0.15) is 6.92 Å². The first-order valence-electron chi connectivity index (χ1n) is 5.48. The zero-order valence-electron chi connectivity index (χ0n) is 9.56. The number of aliphatic hydroxyl groups excluding tert-OH is 2. The zero-order valence-corrected chi connectivity index (χ0v) is 9.56. The van der Waals surface area contributed by atoms with Gasteiger partial charge in [0.05, 0.1) is 25.1 Å². The van der Waals surface area contributed by atoms with E-state index < -0.39 is 0 Å². The van der Waals surface area contributed by atoms with Gasteiger partial charge in [-0.15, -0.1) is 0 Å². The van der Waals surface area contributed by atoms with Gasteiger partial charge in [0.1, 0.15) is 5.82 Å². The van der Waals surface area contributed by atoms with E-state index in [0.29, 0.717) is 13.1 Å². The molecule has 5 heteroatoms. The molecular formula is C11H19N3O2. The van der Waals surface area contributed by atoms with Crippen molar-refractivity contribution >= 4 is 11.5 Å². The summed E-state index contributed by atoms with van der Waals surface area (Å²) >= 11 is 0. The van der Waals surface area contributed by atoms with Gasteiger partial charge in [0, 0.05) is 19.6 Å². The summed E-state index contributed by atoms with van der Waals surface area (Å²) in [5.74, 6) is 0.768. The molecule has 0 fully saturated rings. The average Bonchev–Trinajstić information content (AvgIpc) is 2.30. The first-order chi connectivity index (χ1) is 7.81. The quantitative estimate of drug-likeness (QED) is 0.623. The zero-order chi connectivity index (χ0) is 11.8. The van der Waals surface area contributed by atoms with Gasteiger partial charge >= 0.3 is 0 Å². The van der Waals surface area contributed by atoms with Crippen LogP contribution in [-0.4, -0.2) is 48.0 Å². The maximum Gasteiger partial charge on any atom is 0.128 e. The third-order valence-corrected chi connectivity index (χ3v) is 2.19. The monoisotopic (exact) mass is 225 g/mol. The molecule has 1 heterocycles. The Morgan fingerprint density at radius 1 is 1.25 bits per heavy atom. The van der Waals surface area contributed by atoms with Crippen LogP contribution in [0.15, 0.2) is 18.3 Å². The summed E-state index contributed by atoms with van der Waals surface area (Å²) in [6.45, 7) is 3.95. The van der Waals surface area contributed by atoms with Gasteiger partial charge in [0.15, 0.2) is 0 Å². The Morgan fingerprint density at radius 3 is 2.38 bits per heavy atom. The summed E-state index contributed by atoms with van der Waals surface area (Å²) in [6.07, 6.45) is 1.75. The van der Waals surface area contributed by atoms with E-state index in [2.05, 4.69) is 10.3 Å². The summed E-state index contributed by atoms with van der Waals surface area (Å²) in [7, 11) is 0. The number of anilines is 2. The van der Waals surface area contributed by atoms with Crippen molar-refractivity contribution in [1.29, 1.82) is 0 Å². The molecule has 0 bridgehead atoms. The summed E-state index contributed by atoms with van der Waals surface area (Å²) in [5.41, 5.74) is 0.971. The molecule has 90 valence electrons. The average molecular weight is 225 g/mol. The van der Waals surface area contributed by atoms with Crippen molar-refractivity contribution in [3.8, 4) is 0 Å². The molecule has 1 rings (SSSR count). The minimum absolute atomic E-state index is 0.0522. The van der Waals surface area contributed by atoms with Crippen molar-refractivity contribution in [3.05, 3.63) is 18.3 Å². The van der Waals surface area contributed by atoms with Crippen LogP contribution in [-0.2, 0) is 0 Å². The van der Waals surface area contributed by atoms with Gasteiger partial charge < -0.3 is 20.4 Å². The predicted molar refractivity (Wildman–Crippen MR) is 64.8 cm³/mol. The topological polar surface area (TPSA) is 68.6 Å². The van der Waals surface area contributed by atoms with Crippen LogP contribution in [0.5, 0.6) is 0 Å². The summed E-state index contributed by atoms with van der Waals surface area (Å²) in [4.78, 5) is 6.12. The Morgan fingerprint density at radius 2 is 1.94 bits per heavy atom. The van der Waals surface area contributed by atoms with E-state index in [0.717, 1.165) is 18.1 Å². The molecule has 0 aliphatic rings. The molecule has 0 aliphatic heterocycles. The normalized spacial score (nSPS) is 10.2. The molecule has 0 radical (unpaired) electrons. The number of nitrogens with zero attached hydrogens (tertiary/aromatic N) is 2. The fraction of sp³-hybridized carbons (Fsp3) is 0.545. The fourth-order valence-electron chi connectivity index (χ4n) is 1.46. The fourth-order valence-corrected chi connectivity index (χ4v) is 1.46. The maximum atomic E-state index is 8.90. The number of hydrogen-bond donors (Lipinski definition) is 3. The Balaban J connectivity index is 2.68. The number of aromatic nitrogens is 1. The Hall–Kier alpha value is -1.33. The van der Waals surface area contributed by atoms with Crippen LogP contribution >= 0.6 is 0 Å². The van der Waals surface area contributed by atoms with Gasteiger partial charge in [0.25, 0.3) is 0 Å². The minimum atomic E-state index is 0.0522. The molecule has 1 aromatic heterocycles. The van der Waals surface area contributed by atoms with Gasteiger partial charge in [-0.05, 0) is 19.1 Å². The highest BCUT2D eigenvalue weighted by Crippen LogP contribution is 2.13. The lowest BCUT2D eigenvalue weighted by atomic mass is 10.3. The molecule has 0 aromatic carbocycles. The second-order valence-electron chi connectivity index (χ2n) is 3.37. The third kappa shape index (κ3) is 3.67. The van der Waals surface area contributed by atoms with Gasteiger partial charge in [-0.25, -0.2) is 4.98 Å². The van der Waals surface area contributed by atoms with E-state index in [4.69, 9.17) is 10.2 Å². The summed E-state index contributed by atoms with van der Waals surface area (Å²) in [5, 5.41) is 21.0. The Bertz CT molecular complexity index is 284. The highest BCUT2D eigenvalue weighted by Gasteiger charge is 2.06. The number of nitrogens with one attached hydrogen (secondary N) is 1. The minimum Gasteiger partial charge on any atom is -0.395 e. The smallest absolute Gasteiger partial charge is 0.128 e. The van der Waals surface area contributed by atoms with Crippen LogP contribution < -0.4 is 10.2 Å². The molecule has 1 aromatic rings. The van der Waals surface area contributed by atoms with Crippen LogP contribution in [0.4, 0.5) is 11.5 Å². The highest BCUT2D eigenvalue weighted by molar-refractivity contribution is 5.48. The molecule has 0 spiro atoms. The van der Waals surface area contributed by atoms with E-state index in [1.807, 2.05) is 24.0 Å². The Kier molecular flexibility index (Phi) is 5.60. The summed E-state index contributed by atoms with van der Waals surface area (Å²) < 4.78 is 0. The second kappa shape index (κ2) is 7.03. The van der Waals surface area contributed by atoms with E-state index in [1.54, 1.807) is 6.20 Å². The van der Waals surface area contributed by atoms with Crippen LogP contribution in [0.25, 0.3) is 0 Å². The van der Waals surface area contributed by atoms with E-state index in [1.165, 1.54) is 0 Å².